The standard InChI is InChI=1S/C29H27F2N3O5/c1-18(33-39-16-20-7-5-6-8-22(20)24(17-36-3)29(35)37-4)28-23-13-25(31)27(14-26(23)34(2)32-28)38-15-19-9-11-21(30)12-10-19/h5-14,17H,15-16H2,1-4H3/b24-17+,33-18-. The summed E-state index contributed by atoms with van der Waals surface area (Å²) in [6.07, 6.45) is 1.31. The molecule has 10 heteroatoms. The molecule has 0 aliphatic rings. The molecule has 0 N–H and O–H groups in total. The van der Waals surface area contributed by atoms with Crippen molar-refractivity contribution in [1.82, 2.24) is 9.78 Å². The fraction of sp³-hybridized carbons (Fsp3) is 0.207. The van der Waals surface area contributed by atoms with Gasteiger partial charge in [-0.15, -0.1) is 0 Å². The summed E-state index contributed by atoms with van der Waals surface area (Å²) in [6.45, 7) is 1.84. The molecule has 4 rings (SSSR count). The van der Waals surface area contributed by atoms with Crippen molar-refractivity contribution >= 4 is 28.2 Å². The van der Waals surface area contributed by atoms with Gasteiger partial charge in [0.25, 0.3) is 0 Å². The van der Waals surface area contributed by atoms with E-state index < -0.39 is 11.8 Å². The summed E-state index contributed by atoms with van der Waals surface area (Å²) < 4.78 is 45.2. The van der Waals surface area contributed by atoms with Crippen molar-refractivity contribution in [2.75, 3.05) is 14.2 Å². The minimum atomic E-state index is -0.568. The van der Waals surface area contributed by atoms with Gasteiger partial charge in [-0.2, -0.15) is 5.10 Å². The summed E-state index contributed by atoms with van der Waals surface area (Å²) in [7, 11) is 4.46. The van der Waals surface area contributed by atoms with Crippen LogP contribution in [0.2, 0.25) is 0 Å². The van der Waals surface area contributed by atoms with E-state index in [9.17, 15) is 13.6 Å². The predicted molar refractivity (Wildman–Crippen MR) is 142 cm³/mol. The lowest BCUT2D eigenvalue weighted by Gasteiger charge is -2.11. The molecule has 3 aromatic carbocycles. The number of benzene rings is 3. The van der Waals surface area contributed by atoms with Crippen LogP contribution in [0.15, 0.2) is 72.1 Å². The number of carbonyl (C=O) groups is 1. The summed E-state index contributed by atoms with van der Waals surface area (Å²) in [4.78, 5) is 17.8. The van der Waals surface area contributed by atoms with Crippen molar-refractivity contribution in [2.24, 2.45) is 12.2 Å². The highest BCUT2D eigenvalue weighted by Crippen LogP contribution is 2.28. The van der Waals surface area contributed by atoms with E-state index in [1.54, 1.807) is 55.1 Å². The molecule has 0 radical (unpaired) electrons. The highest BCUT2D eigenvalue weighted by molar-refractivity contribution is 6.16. The summed E-state index contributed by atoms with van der Waals surface area (Å²) in [6, 6.07) is 15.8. The van der Waals surface area contributed by atoms with Crippen LogP contribution in [0.4, 0.5) is 8.78 Å². The largest absolute Gasteiger partial charge is 0.503 e. The van der Waals surface area contributed by atoms with E-state index in [1.165, 1.54) is 38.7 Å². The maximum Gasteiger partial charge on any atom is 0.341 e. The molecule has 0 unspecified atom stereocenters. The SMILES string of the molecule is CO/C=C(/C(=O)OC)c1ccccc1CO/N=C(/C)c1nn(C)c2cc(OCc3ccc(F)cc3)c(F)cc12. The second kappa shape index (κ2) is 12.2. The number of methoxy groups -OCH3 is 2. The highest BCUT2D eigenvalue weighted by atomic mass is 19.1. The molecule has 0 amide bonds. The average molecular weight is 536 g/mol. The third-order valence-corrected chi connectivity index (χ3v) is 5.92. The van der Waals surface area contributed by atoms with Crippen molar-refractivity contribution in [3.8, 4) is 5.75 Å². The number of rotatable bonds is 10. The quantitative estimate of drug-likeness (QED) is 0.0873. The van der Waals surface area contributed by atoms with Gasteiger partial charge in [-0.3, -0.25) is 4.68 Å². The number of halogens is 2. The lowest BCUT2D eigenvalue weighted by molar-refractivity contribution is -0.133. The normalized spacial score (nSPS) is 11.9. The smallest absolute Gasteiger partial charge is 0.341 e. The van der Waals surface area contributed by atoms with Crippen molar-refractivity contribution < 1.29 is 32.6 Å². The van der Waals surface area contributed by atoms with Crippen LogP contribution in [-0.2, 0) is 39.4 Å². The van der Waals surface area contributed by atoms with Crippen molar-refractivity contribution in [2.45, 2.75) is 20.1 Å². The molecule has 0 saturated carbocycles. The molecule has 1 aromatic heterocycles. The third kappa shape index (κ3) is 6.23. The number of carbonyl (C=O) groups excluding carboxylic acids is 1. The van der Waals surface area contributed by atoms with Gasteiger partial charge in [0.05, 0.1) is 26.0 Å². The van der Waals surface area contributed by atoms with Crippen LogP contribution in [0, 0.1) is 11.6 Å². The first-order valence-corrected chi connectivity index (χ1v) is 11.9. The molecule has 0 saturated heterocycles. The van der Waals surface area contributed by atoms with E-state index in [-0.39, 0.29) is 30.4 Å². The average Bonchev–Trinajstić information content (AvgIpc) is 3.26. The molecule has 0 aliphatic carbocycles. The van der Waals surface area contributed by atoms with Gasteiger partial charge in [0.1, 0.15) is 36.0 Å². The first kappa shape index (κ1) is 27.3. The van der Waals surface area contributed by atoms with Gasteiger partial charge < -0.3 is 19.0 Å². The molecule has 8 nitrogen and oxygen atoms in total. The molecule has 0 fully saturated rings. The Labute approximate surface area is 224 Å². The highest BCUT2D eigenvalue weighted by Gasteiger charge is 2.18. The van der Waals surface area contributed by atoms with E-state index in [0.717, 1.165) is 0 Å². The Bertz CT molecular complexity index is 1540. The summed E-state index contributed by atoms with van der Waals surface area (Å²) in [5.74, 6) is -1.42. The van der Waals surface area contributed by atoms with E-state index in [0.29, 0.717) is 39.0 Å². The Hall–Kier alpha value is -4.73. The lowest BCUT2D eigenvalue weighted by Crippen LogP contribution is -2.07. The van der Waals surface area contributed by atoms with Crippen LogP contribution in [0.25, 0.3) is 16.5 Å². The fourth-order valence-electron chi connectivity index (χ4n) is 3.98. The zero-order chi connectivity index (χ0) is 27.9. The molecular weight excluding hydrogens is 508 g/mol. The van der Waals surface area contributed by atoms with Crippen molar-refractivity contribution in [3.63, 3.8) is 0 Å². The maximum absolute atomic E-state index is 14.9. The number of aromatic nitrogens is 2. The second-order valence-electron chi connectivity index (χ2n) is 8.55. The molecular formula is C29H27F2N3O5. The van der Waals surface area contributed by atoms with E-state index in [1.807, 2.05) is 6.07 Å². The Morgan fingerprint density at radius 2 is 1.79 bits per heavy atom. The Balaban J connectivity index is 1.53. The number of oxime groups is 1. The Morgan fingerprint density at radius 1 is 1.05 bits per heavy atom. The van der Waals surface area contributed by atoms with Crippen LogP contribution >= 0.6 is 0 Å². The number of fused-ring (bicyclic) bond motifs is 1. The summed E-state index contributed by atoms with van der Waals surface area (Å²) >= 11 is 0. The van der Waals surface area contributed by atoms with Crippen LogP contribution in [0.3, 0.4) is 0 Å². The first-order valence-electron chi connectivity index (χ1n) is 11.9. The van der Waals surface area contributed by atoms with Gasteiger partial charge in [0, 0.05) is 24.1 Å². The number of aryl methyl sites for hydroxylation is 1. The van der Waals surface area contributed by atoms with E-state index in [4.69, 9.17) is 19.0 Å². The van der Waals surface area contributed by atoms with Crippen LogP contribution in [-0.4, -0.2) is 35.7 Å². The monoisotopic (exact) mass is 535 g/mol. The second-order valence-corrected chi connectivity index (χ2v) is 8.55. The van der Waals surface area contributed by atoms with E-state index in [2.05, 4.69) is 10.3 Å². The van der Waals surface area contributed by atoms with Gasteiger partial charge in [-0.1, -0.05) is 41.6 Å². The summed E-state index contributed by atoms with van der Waals surface area (Å²) in [5.41, 5.74) is 3.72. The van der Waals surface area contributed by atoms with Crippen LogP contribution in [0.1, 0.15) is 29.3 Å². The number of hydrogen-bond donors (Lipinski definition) is 0. The molecule has 0 spiro atoms. The van der Waals surface area contributed by atoms with Gasteiger partial charge in [-0.05, 0) is 36.2 Å². The predicted octanol–water partition coefficient (Wildman–Crippen LogP) is 5.53. The molecule has 0 bridgehead atoms. The van der Waals surface area contributed by atoms with Gasteiger partial charge in [0.2, 0.25) is 0 Å². The molecule has 0 aliphatic heterocycles. The van der Waals surface area contributed by atoms with Crippen LogP contribution < -0.4 is 4.74 Å². The first-order chi connectivity index (χ1) is 18.8. The molecule has 0 atom stereocenters. The summed E-state index contributed by atoms with van der Waals surface area (Å²) in [5, 5.41) is 9.21. The van der Waals surface area contributed by atoms with Crippen molar-refractivity contribution in [3.05, 3.63) is 101 Å². The topological polar surface area (TPSA) is 84.2 Å². The van der Waals surface area contributed by atoms with Gasteiger partial charge in [-0.25, -0.2) is 13.6 Å². The Kier molecular flexibility index (Phi) is 8.55. The minimum absolute atomic E-state index is 0.0477. The molecule has 202 valence electrons. The molecule has 39 heavy (non-hydrogen) atoms. The third-order valence-electron chi connectivity index (χ3n) is 5.92. The molecule has 4 aromatic rings. The zero-order valence-corrected chi connectivity index (χ0v) is 21.9. The van der Waals surface area contributed by atoms with Crippen molar-refractivity contribution in [1.29, 1.82) is 0 Å². The van der Waals surface area contributed by atoms with Gasteiger partial charge in [0.15, 0.2) is 11.6 Å². The number of nitrogens with zero attached hydrogens (tertiary/aromatic N) is 3. The van der Waals surface area contributed by atoms with Gasteiger partial charge >= 0.3 is 5.97 Å². The Morgan fingerprint density at radius 3 is 2.51 bits per heavy atom. The maximum atomic E-state index is 14.9. The number of ether oxygens (including phenoxy) is 3. The van der Waals surface area contributed by atoms with E-state index >= 15 is 0 Å². The number of hydrogen-bond acceptors (Lipinski definition) is 7. The lowest BCUT2D eigenvalue weighted by atomic mass is 10.0. The fourth-order valence-corrected chi connectivity index (χ4v) is 3.98. The van der Waals surface area contributed by atoms with Crippen LogP contribution in [0.5, 0.6) is 5.75 Å². The number of esters is 1. The molecule has 1 heterocycles. The minimum Gasteiger partial charge on any atom is -0.503 e. The zero-order valence-electron chi connectivity index (χ0n) is 21.9.